The third-order valence-corrected chi connectivity index (χ3v) is 1.91. The fraction of sp³-hybridized carbons (Fsp3) is 0.333. The Balaban J connectivity index is 2.64. The van der Waals surface area contributed by atoms with E-state index < -0.39 is 0 Å². The summed E-state index contributed by atoms with van der Waals surface area (Å²) in [7, 11) is 1.53. The first kappa shape index (κ1) is 12.8. The van der Waals surface area contributed by atoms with E-state index in [4.69, 9.17) is 10.5 Å². The number of carbonyl (C=O) groups excluding carboxylic acids is 1. The van der Waals surface area contributed by atoms with Crippen LogP contribution in [0.5, 0.6) is 5.88 Å². The molecule has 1 aromatic rings. The molecular formula is C12H15N3O2. The van der Waals surface area contributed by atoms with Crippen LogP contribution in [0.15, 0.2) is 12.3 Å². The number of hydrogen-bond acceptors (Lipinski definition) is 4. The SMILES string of the molecule is COc1ncc(N)cc1C#CCCNC(C)=O. The van der Waals surface area contributed by atoms with Crippen molar-refractivity contribution in [2.24, 2.45) is 0 Å². The molecule has 0 spiro atoms. The monoisotopic (exact) mass is 233 g/mol. The van der Waals surface area contributed by atoms with Gasteiger partial charge in [-0.25, -0.2) is 4.98 Å². The molecule has 1 aromatic heterocycles. The molecule has 5 nitrogen and oxygen atoms in total. The quantitative estimate of drug-likeness (QED) is 0.590. The van der Waals surface area contributed by atoms with Gasteiger partial charge in [0.1, 0.15) is 0 Å². The van der Waals surface area contributed by atoms with Crippen LogP contribution in [0.4, 0.5) is 5.69 Å². The van der Waals surface area contributed by atoms with E-state index in [-0.39, 0.29) is 5.91 Å². The molecule has 0 fully saturated rings. The van der Waals surface area contributed by atoms with Gasteiger partial charge in [-0.15, -0.1) is 0 Å². The maximum atomic E-state index is 10.6. The molecular weight excluding hydrogens is 218 g/mol. The first-order chi connectivity index (χ1) is 8.13. The minimum Gasteiger partial charge on any atom is -0.480 e. The third-order valence-electron chi connectivity index (χ3n) is 1.91. The minimum atomic E-state index is -0.0602. The number of amides is 1. The third kappa shape index (κ3) is 4.43. The molecule has 1 rings (SSSR count). The van der Waals surface area contributed by atoms with Gasteiger partial charge in [-0.05, 0) is 6.07 Å². The first-order valence-corrected chi connectivity index (χ1v) is 5.16. The number of anilines is 1. The van der Waals surface area contributed by atoms with Crippen LogP contribution >= 0.6 is 0 Å². The number of nitrogens with one attached hydrogen (secondary N) is 1. The standard InChI is InChI=1S/C12H15N3O2/c1-9(16)14-6-4-3-5-10-7-11(13)8-15-12(10)17-2/h7-8H,4,6,13H2,1-2H3,(H,14,16). The van der Waals surface area contributed by atoms with E-state index in [1.807, 2.05) is 0 Å². The predicted molar refractivity (Wildman–Crippen MR) is 65.4 cm³/mol. The van der Waals surface area contributed by atoms with Gasteiger partial charge < -0.3 is 15.8 Å². The number of aromatic nitrogens is 1. The van der Waals surface area contributed by atoms with Gasteiger partial charge in [-0.3, -0.25) is 4.79 Å². The second kappa shape index (κ2) is 6.38. The Labute approximate surface area is 100 Å². The molecule has 1 amide bonds. The number of rotatable bonds is 3. The van der Waals surface area contributed by atoms with Crippen molar-refractivity contribution in [2.75, 3.05) is 19.4 Å². The maximum absolute atomic E-state index is 10.6. The van der Waals surface area contributed by atoms with Crippen LogP contribution in [0.2, 0.25) is 0 Å². The molecule has 90 valence electrons. The molecule has 0 aliphatic carbocycles. The Morgan fingerprint density at radius 3 is 3.06 bits per heavy atom. The molecule has 0 saturated heterocycles. The number of nitrogen functional groups attached to an aromatic ring is 1. The van der Waals surface area contributed by atoms with Crippen LogP contribution in [-0.2, 0) is 4.79 Å². The van der Waals surface area contributed by atoms with Crippen LogP contribution in [0.25, 0.3) is 0 Å². The van der Waals surface area contributed by atoms with Gasteiger partial charge in [0.15, 0.2) is 0 Å². The lowest BCUT2D eigenvalue weighted by molar-refractivity contribution is -0.118. The van der Waals surface area contributed by atoms with Crippen molar-refractivity contribution >= 4 is 11.6 Å². The minimum absolute atomic E-state index is 0.0602. The summed E-state index contributed by atoms with van der Waals surface area (Å²) in [6, 6.07) is 1.71. The summed E-state index contributed by atoms with van der Waals surface area (Å²) in [6.07, 6.45) is 2.08. The Morgan fingerprint density at radius 1 is 1.65 bits per heavy atom. The van der Waals surface area contributed by atoms with Gasteiger partial charge in [-0.1, -0.05) is 11.8 Å². The summed E-state index contributed by atoms with van der Waals surface area (Å²) in [6.45, 7) is 2.00. The summed E-state index contributed by atoms with van der Waals surface area (Å²) in [5, 5.41) is 2.66. The summed E-state index contributed by atoms with van der Waals surface area (Å²) in [5.74, 6) is 6.22. The summed E-state index contributed by atoms with van der Waals surface area (Å²) in [4.78, 5) is 14.6. The number of pyridine rings is 1. The molecule has 1 heterocycles. The van der Waals surface area contributed by atoms with E-state index in [0.29, 0.717) is 30.1 Å². The van der Waals surface area contributed by atoms with E-state index in [9.17, 15) is 4.79 Å². The molecule has 0 aromatic carbocycles. The van der Waals surface area contributed by atoms with E-state index in [2.05, 4.69) is 22.1 Å². The average molecular weight is 233 g/mol. The van der Waals surface area contributed by atoms with Crippen molar-refractivity contribution in [3.05, 3.63) is 17.8 Å². The molecule has 17 heavy (non-hydrogen) atoms. The van der Waals surface area contributed by atoms with Crippen LogP contribution in [0, 0.1) is 11.8 Å². The van der Waals surface area contributed by atoms with Crippen molar-refractivity contribution in [1.29, 1.82) is 0 Å². The number of ether oxygens (including phenoxy) is 1. The van der Waals surface area contributed by atoms with Gasteiger partial charge in [-0.2, -0.15) is 0 Å². The molecule has 0 saturated carbocycles. The summed E-state index contributed by atoms with van der Waals surface area (Å²) < 4.78 is 5.06. The molecule has 0 radical (unpaired) electrons. The highest BCUT2D eigenvalue weighted by Crippen LogP contribution is 2.15. The molecule has 0 atom stereocenters. The van der Waals surface area contributed by atoms with Crippen molar-refractivity contribution in [2.45, 2.75) is 13.3 Å². The average Bonchev–Trinajstić information content (AvgIpc) is 2.28. The largest absolute Gasteiger partial charge is 0.480 e. The zero-order chi connectivity index (χ0) is 12.7. The van der Waals surface area contributed by atoms with E-state index >= 15 is 0 Å². The van der Waals surface area contributed by atoms with Gasteiger partial charge in [0, 0.05) is 19.9 Å². The highest BCUT2D eigenvalue weighted by molar-refractivity contribution is 5.72. The Morgan fingerprint density at radius 2 is 2.41 bits per heavy atom. The Bertz CT molecular complexity index is 461. The predicted octanol–water partition coefficient (Wildman–Crippen LogP) is 0.550. The normalized spacial score (nSPS) is 9.06. The van der Waals surface area contributed by atoms with Gasteiger partial charge in [0.05, 0.1) is 24.6 Å². The maximum Gasteiger partial charge on any atom is 0.229 e. The number of methoxy groups -OCH3 is 1. The second-order valence-corrected chi connectivity index (χ2v) is 3.36. The van der Waals surface area contributed by atoms with E-state index in [0.717, 1.165) is 0 Å². The van der Waals surface area contributed by atoms with E-state index in [1.54, 1.807) is 6.07 Å². The highest BCUT2D eigenvalue weighted by Gasteiger charge is 2.01. The summed E-state index contributed by atoms with van der Waals surface area (Å²) in [5.41, 5.74) is 6.80. The van der Waals surface area contributed by atoms with Crippen LogP contribution in [-0.4, -0.2) is 24.5 Å². The number of carbonyl (C=O) groups is 1. The topological polar surface area (TPSA) is 77.2 Å². The Kier molecular flexibility index (Phi) is 4.82. The zero-order valence-electron chi connectivity index (χ0n) is 9.91. The lowest BCUT2D eigenvalue weighted by Crippen LogP contribution is -2.20. The lowest BCUT2D eigenvalue weighted by atomic mass is 10.2. The number of nitrogens with zero attached hydrogens (tertiary/aromatic N) is 1. The molecule has 0 aliphatic rings. The van der Waals surface area contributed by atoms with Crippen LogP contribution < -0.4 is 15.8 Å². The number of hydrogen-bond donors (Lipinski definition) is 2. The fourth-order valence-corrected chi connectivity index (χ4v) is 1.18. The van der Waals surface area contributed by atoms with Crippen molar-refractivity contribution < 1.29 is 9.53 Å². The second-order valence-electron chi connectivity index (χ2n) is 3.36. The highest BCUT2D eigenvalue weighted by atomic mass is 16.5. The summed E-state index contributed by atoms with van der Waals surface area (Å²) >= 11 is 0. The van der Waals surface area contributed by atoms with Crippen molar-refractivity contribution in [3.63, 3.8) is 0 Å². The van der Waals surface area contributed by atoms with Crippen molar-refractivity contribution in [3.8, 4) is 17.7 Å². The van der Waals surface area contributed by atoms with E-state index in [1.165, 1.54) is 20.2 Å². The van der Waals surface area contributed by atoms with Gasteiger partial charge >= 0.3 is 0 Å². The molecule has 5 heteroatoms. The lowest BCUT2D eigenvalue weighted by Gasteiger charge is -2.02. The molecule has 0 bridgehead atoms. The zero-order valence-corrected chi connectivity index (χ0v) is 9.91. The van der Waals surface area contributed by atoms with Crippen molar-refractivity contribution in [1.82, 2.24) is 10.3 Å². The fourth-order valence-electron chi connectivity index (χ4n) is 1.18. The number of nitrogens with two attached hydrogens (primary N) is 1. The van der Waals surface area contributed by atoms with Gasteiger partial charge in [0.25, 0.3) is 0 Å². The Hall–Kier alpha value is -2.22. The molecule has 0 unspecified atom stereocenters. The van der Waals surface area contributed by atoms with Crippen LogP contribution in [0.1, 0.15) is 18.9 Å². The smallest absolute Gasteiger partial charge is 0.229 e. The molecule has 0 aliphatic heterocycles. The first-order valence-electron chi connectivity index (χ1n) is 5.16. The van der Waals surface area contributed by atoms with Gasteiger partial charge in [0.2, 0.25) is 11.8 Å². The molecule has 3 N–H and O–H groups in total. The van der Waals surface area contributed by atoms with Crippen LogP contribution in [0.3, 0.4) is 0 Å².